The summed E-state index contributed by atoms with van der Waals surface area (Å²) in [5.74, 6) is 0.767. The molecule has 1 N–H and O–H groups in total. The van der Waals surface area contributed by atoms with Crippen LogP contribution in [-0.4, -0.2) is 43.6 Å². The Bertz CT molecular complexity index is 1320. The maximum Gasteiger partial charge on any atom is 0.284 e. The second-order valence-electron chi connectivity index (χ2n) is 8.42. The summed E-state index contributed by atoms with van der Waals surface area (Å²) in [7, 11) is -2.05. The molecule has 3 aromatic rings. The topological polar surface area (TPSA) is 105 Å². The molecule has 0 spiro atoms. The molecular formula is C25H27FN4O4S. The number of hydrogen-bond donors (Lipinski definition) is 1. The van der Waals surface area contributed by atoms with Crippen molar-refractivity contribution in [1.29, 1.82) is 0 Å². The van der Waals surface area contributed by atoms with Gasteiger partial charge in [-0.05, 0) is 55.3 Å². The zero-order valence-electron chi connectivity index (χ0n) is 19.4. The number of carbonyl (C=O) groups is 1. The van der Waals surface area contributed by atoms with E-state index in [0.717, 1.165) is 25.8 Å². The number of amidine groups is 1. The molecule has 2 heterocycles. The van der Waals surface area contributed by atoms with Crippen LogP contribution in [0.1, 0.15) is 38.0 Å². The first-order valence-corrected chi connectivity index (χ1v) is 12.9. The minimum absolute atomic E-state index is 0.0251. The van der Waals surface area contributed by atoms with Crippen LogP contribution in [0.15, 0.2) is 68.4 Å². The molecule has 1 fully saturated rings. The van der Waals surface area contributed by atoms with Gasteiger partial charge >= 0.3 is 0 Å². The van der Waals surface area contributed by atoms with Crippen molar-refractivity contribution in [1.82, 2.24) is 9.88 Å². The number of sulfonamides is 1. The number of nitrogens with one attached hydrogen (secondary N) is 1. The van der Waals surface area contributed by atoms with E-state index in [1.807, 2.05) is 11.9 Å². The normalized spacial score (nSPS) is 15.7. The van der Waals surface area contributed by atoms with Crippen LogP contribution in [0.4, 0.5) is 10.1 Å². The molecular weight excluding hydrogens is 471 g/mol. The number of rotatable bonds is 7. The highest BCUT2D eigenvalue weighted by atomic mass is 32.2. The van der Waals surface area contributed by atoms with Gasteiger partial charge in [0.25, 0.3) is 10.0 Å². The van der Waals surface area contributed by atoms with Gasteiger partial charge in [-0.3, -0.25) is 4.79 Å². The van der Waals surface area contributed by atoms with Gasteiger partial charge in [0.2, 0.25) is 5.91 Å². The molecule has 0 unspecified atom stereocenters. The van der Waals surface area contributed by atoms with Gasteiger partial charge in [-0.1, -0.05) is 12.5 Å². The molecule has 0 aliphatic carbocycles. The van der Waals surface area contributed by atoms with Crippen LogP contribution in [0.5, 0.6) is 0 Å². The number of hydrogen-bond acceptors (Lipinski definition) is 5. The highest BCUT2D eigenvalue weighted by molar-refractivity contribution is 7.90. The van der Waals surface area contributed by atoms with E-state index in [2.05, 4.69) is 14.7 Å². The molecule has 1 aliphatic heterocycles. The molecule has 1 amide bonds. The molecule has 0 atom stereocenters. The summed E-state index contributed by atoms with van der Waals surface area (Å²) >= 11 is 0. The number of carbonyl (C=O) groups excluding carboxylic acids is 1. The largest absolute Gasteiger partial charge is 0.441 e. The summed E-state index contributed by atoms with van der Waals surface area (Å²) in [5.41, 5.74) is 1.05. The van der Waals surface area contributed by atoms with E-state index >= 15 is 0 Å². The molecule has 1 aliphatic rings. The van der Waals surface area contributed by atoms with Crippen LogP contribution in [0.3, 0.4) is 0 Å². The zero-order chi connectivity index (χ0) is 24.8. The number of nitrogens with zero attached hydrogens (tertiary/aromatic N) is 3. The van der Waals surface area contributed by atoms with Crippen molar-refractivity contribution in [2.24, 2.45) is 4.40 Å². The summed E-state index contributed by atoms with van der Waals surface area (Å²) in [6, 6.07) is 11.9. The summed E-state index contributed by atoms with van der Waals surface area (Å²) in [5, 5.41) is 2.72. The van der Waals surface area contributed by atoms with Crippen LogP contribution >= 0.6 is 0 Å². The average Bonchev–Trinajstić information content (AvgIpc) is 3.22. The van der Waals surface area contributed by atoms with Crippen molar-refractivity contribution in [2.45, 2.75) is 43.4 Å². The predicted octanol–water partition coefficient (Wildman–Crippen LogP) is 4.65. The van der Waals surface area contributed by atoms with Crippen molar-refractivity contribution in [3.63, 3.8) is 0 Å². The van der Waals surface area contributed by atoms with Crippen molar-refractivity contribution in [3.05, 3.63) is 66.4 Å². The smallest absolute Gasteiger partial charge is 0.284 e. The average molecular weight is 499 g/mol. The SMILES string of the molecule is CN1CCCCC/C1=N\S(=O)(=O)c1cccc(NC(=O)CCc2ncc(-c3ccc(F)cc3)o2)c1. The van der Waals surface area contributed by atoms with Crippen molar-refractivity contribution < 1.29 is 22.0 Å². The predicted molar refractivity (Wildman–Crippen MR) is 131 cm³/mol. The van der Waals surface area contributed by atoms with Gasteiger partial charge in [-0.25, -0.2) is 9.37 Å². The fourth-order valence-electron chi connectivity index (χ4n) is 3.79. The Morgan fingerprint density at radius 1 is 1.17 bits per heavy atom. The highest BCUT2D eigenvalue weighted by Gasteiger charge is 2.19. The van der Waals surface area contributed by atoms with Crippen LogP contribution in [0.25, 0.3) is 11.3 Å². The summed E-state index contributed by atoms with van der Waals surface area (Å²) in [6.45, 7) is 0.778. The molecule has 4 rings (SSSR count). The van der Waals surface area contributed by atoms with E-state index in [1.54, 1.807) is 24.3 Å². The molecule has 8 nitrogen and oxygen atoms in total. The minimum atomic E-state index is -3.90. The van der Waals surface area contributed by atoms with Crippen molar-refractivity contribution >= 4 is 27.5 Å². The second-order valence-corrected chi connectivity index (χ2v) is 10.0. The second kappa shape index (κ2) is 10.8. The number of aromatic nitrogens is 1. The monoisotopic (exact) mass is 498 g/mol. The van der Waals surface area contributed by atoms with Gasteiger partial charge in [-0.2, -0.15) is 8.42 Å². The maximum absolute atomic E-state index is 13.1. The first-order valence-electron chi connectivity index (χ1n) is 11.5. The molecule has 1 aromatic heterocycles. The van der Waals surface area contributed by atoms with Gasteiger partial charge < -0.3 is 14.6 Å². The van der Waals surface area contributed by atoms with E-state index in [4.69, 9.17) is 4.42 Å². The van der Waals surface area contributed by atoms with Crippen LogP contribution in [0, 0.1) is 5.82 Å². The fourth-order valence-corrected chi connectivity index (χ4v) is 4.93. The van der Waals surface area contributed by atoms with E-state index in [1.165, 1.54) is 30.5 Å². The number of benzene rings is 2. The molecule has 0 saturated carbocycles. The molecule has 184 valence electrons. The van der Waals surface area contributed by atoms with Crippen LogP contribution in [0.2, 0.25) is 0 Å². The van der Waals surface area contributed by atoms with Gasteiger partial charge in [0.1, 0.15) is 11.7 Å². The molecule has 35 heavy (non-hydrogen) atoms. The van der Waals surface area contributed by atoms with Crippen LogP contribution in [-0.2, 0) is 21.2 Å². The van der Waals surface area contributed by atoms with E-state index in [-0.39, 0.29) is 29.5 Å². The lowest BCUT2D eigenvalue weighted by Gasteiger charge is -2.17. The Labute approximate surface area is 203 Å². The zero-order valence-corrected chi connectivity index (χ0v) is 20.2. The Morgan fingerprint density at radius 2 is 1.97 bits per heavy atom. The third-order valence-corrected chi connectivity index (χ3v) is 7.02. The van der Waals surface area contributed by atoms with Crippen molar-refractivity contribution in [2.75, 3.05) is 18.9 Å². The maximum atomic E-state index is 13.1. The first kappa shape index (κ1) is 24.6. The number of anilines is 1. The summed E-state index contributed by atoms with van der Waals surface area (Å²) in [4.78, 5) is 18.5. The number of halogens is 1. The third-order valence-electron chi connectivity index (χ3n) is 5.72. The summed E-state index contributed by atoms with van der Waals surface area (Å²) < 4.78 is 48.6. The third kappa shape index (κ3) is 6.54. The van der Waals surface area contributed by atoms with E-state index in [0.29, 0.717) is 35.2 Å². The van der Waals surface area contributed by atoms with Crippen LogP contribution < -0.4 is 5.32 Å². The lowest BCUT2D eigenvalue weighted by Crippen LogP contribution is -2.26. The van der Waals surface area contributed by atoms with Gasteiger partial charge in [0.15, 0.2) is 11.7 Å². The Morgan fingerprint density at radius 3 is 2.77 bits per heavy atom. The lowest BCUT2D eigenvalue weighted by atomic mass is 10.2. The number of aryl methyl sites for hydroxylation is 1. The van der Waals surface area contributed by atoms with Gasteiger partial charge in [-0.15, -0.1) is 4.40 Å². The molecule has 1 saturated heterocycles. The fraction of sp³-hybridized carbons (Fsp3) is 0.320. The lowest BCUT2D eigenvalue weighted by molar-refractivity contribution is -0.116. The van der Waals surface area contributed by atoms with Crippen molar-refractivity contribution in [3.8, 4) is 11.3 Å². The first-order chi connectivity index (χ1) is 16.8. The molecule has 0 radical (unpaired) electrons. The number of amides is 1. The minimum Gasteiger partial charge on any atom is -0.441 e. The van der Waals surface area contributed by atoms with E-state index < -0.39 is 10.0 Å². The standard InChI is InChI=1S/C25H27FN4O4S/c1-30-15-4-2-3-8-23(30)29-35(32,33)21-7-5-6-20(16-21)28-24(31)13-14-25-27-17-22(34-25)18-9-11-19(26)12-10-18/h5-7,9-12,16-17H,2-4,8,13-15H2,1H3,(H,28,31)/b29-23+. The summed E-state index contributed by atoms with van der Waals surface area (Å²) in [6.07, 6.45) is 5.46. The number of likely N-dealkylation sites (tertiary alicyclic amines) is 1. The molecule has 10 heteroatoms. The van der Waals surface area contributed by atoms with Gasteiger partial charge in [0.05, 0.1) is 11.1 Å². The van der Waals surface area contributed by atoms with E-state index in [9.17, 15) is 17.6 Å². The van der Waals surface area contributed by atoms with Gasteiger partial charge in [0, 0.05) is 44.1 Å². The number of oxazole rings is 1. The Balaban J connectivity index is 1.38. The highest BCUT2D eigenvalue weighted by Crippen LogP contribution is 2.22. The Hall–Kier alpha value is -3.53. The Kier molecular flexibility index (Phi) is 7.60. The quantitative estimate of drug-likeness (QED) is 0.509. The molecule has 2 aromatic carbocycles. The molecule has 0 bridgehead atoms.